The molecule has 10 nitrogen and oxygen atoms in total. The summed E-state index contributed by atoms with van der Waals surface area (Å²) in [6.45, 7) is 7.60. The number of rotatable bonds is 4. The molecule has 3 aromatic heterocycles. The quantitative estimate of drug-likeness (QED) is 0.226. The third kappa shape index (κ3) is 4.59. The van der Waals surface area contributed by atoms with Crippen molar-refractivity contribution in [3.63, 3.8) is 0 Å². The fourth-order valence-corrected chi connectivity index (χ4v) is 7.60. The Morgan fingerprint density at radius 3 is 2.89 bits per heavy atom. The number of fused-ring (bicyclic) bond motifs is 4. The second-order valence-corrected chi connectivity index (χ2v) is 12.5. The number of hydrogen-bond donors (Lipinski definition) is 1. The lowest BCUT2D eigenvalue weighted by molar-refractivity contribution is -0.136. The van der Waals surface area contributed by atoms with E-state index < -0.39 is 33.8 Å². The fraction of sp³-hybridized carbons (Fsp3) is 0.467. The van der Waals surface area contributed by atoms with Crippen LogP contribution in [0.15, 0.2) is 24.4 Å². The van der Waals surface area contributed by atoms with E-state index in [1.165, 1.54) is 6.20 Å². The second-order valence-electron chi connectivity index (χ2n) is 12.1. The summed E-state index contributed by atoms with van der Waals surface area (Å²) in [5.74, 6) is -0.836. The van der Waals surface area contributed by atoms with Crippen LogP contribution < -0.4 is 14.4 Å². The highest BCUT2D eigenvalue weighted by atomic mass is 35.5. The van der Waals surface area contributed by atoms with E-state index in [1.54, 1.807) is 0 Å². The van der Waals surface area contributed by atoms with Crippen molar-refractivity contribution in [2.75, 3.05) is 51.0 Å². The Kier molecular flexibility index (Phi) is 6.63. The topological polar surface area (TPSA) is 102 Å². The number of pyridine rings is 1. The summed E-state index contributed by atoms with van der Waals surface area (Å²) in [7, 11) is 0. The minimum absolute atomic E-state index is 0.00626. The van der Waals surface area contributed by atoms with Crippen molar-refractivity contribution in [1.29, 1.82) is 0 Å². The summed E-state index contributed by atoms with van der Waals surface area (Å²) in [6.07, 6.45) is -0.372. The summed E-state index contributed by atoms with van der Waals surface area (Å²) in [6, 6.07) is 0.718. The molecule has 0 spiro atoms. The predicted octanol–water partition coefficient (Wildman–Crippen LogP) is 5.54. The number of nitrogens with one attached hydrogen (secondary N) is 1. The zero-order valence-electron chi connectivity index (χ0n) is 24.0. The Bertz CT molecular complexity index is 1870. The average molecular weight is 646 g/mol. The molecule has 0 aliphatic carbocycles. The number of nitrogens with zero attached hydrogens (tertiary/aromatic N) is 6. The summed E-state index contributed by atoms with van der Waals surface area (Å²) >= 11 is 6.16. The molecule has 3 fully saturated rings. The number of aromatic amines is 1. The normalized spacial score (nSPS) is 23.6. The summed E-state index contributed by atoms with van der Waals surface area (Å²) in [5, 5.41) is 6.02. The lowest BCUT2D eigenvalue weighted by Crippen LogP contribution is -2.43. The van der Waals surface area contributed by atoms with Crippen LogP contribution in [0.5, 0.6) is 11.9 Å². The monoisotopic (exact) mass is 645 g/mol. The summed E-state index contributed by atoms with van der Waals surface area (Å²) in [5.41, 5.74) is -1.63. The molecule has 236 valence electrons. The zero-order chi connectivity index (χ0) is 31.1. The molecule has 2 atom stereocenters. The molecule has 0 saturated carbocycles. The van der Waals surface area contributed by atoms with Crippen molar-refractivity contribution >= 4 is 39.2 Å². The molecule has 7 heterocycles. The molecule has 0 bridgehead atoms. The van der Waals surface area contributed by atoms with E-state index in [1.807, 2.05) is 4.90 Å². The largest absolute Gasteiger partial charge is 0.475 e. The van der Waals surface area contributed by atoms with Crippen LogP contribution in [-0.2, 0) is 10.9 Å². The maximum Gasteiger partial charge on any atom is 0.418 e. The van der Waals surface area contributed by atoms with Gasteiger partial charge in [0.2, 0.25) is 5.88 Å². The number of benzene rings is 1. The molecular weight excluding hydrogens is 618 g/mol. The fourth-order valence-electron chi connectivity index (χ4n) is 7.29. The number of alkyl halides is 3. The molecule has 1 aromatic carbocycles. The van der Waals surface area contributed by atoms with E-state index in [4.69, 9.17) is 30.8 Å². The molecule has 4 aromatic rings. The van der Waals surface area contributed by atoms with Crippen LogP contribution in [0.25, 0.3) is 33.1 Å². The van der Waals surface area contributed by atoms with Crippen molar-refractivity contribution in [3.8, 4) is 23.1 Å². The van der Waals surface area contributed by atoms with Gasteiger partial charge in [0.1, 0.15) is 35.6 Å². The summed E-state index contributed by atoms with van der Waals surface area (Å²) in [4.78, 5) is 17.9. The third-order valence-electron chi connectivity index (χ3n) is 9.26. The number of anilines is 1. The van der Waals surface area contributed by atoms with Crippen LogP contribution in [0.2, 0.25) is 5.02 Å². The molecule has 0 radical (unpaired) electrons. The van der Waals surface area contributed by atoms with Gasteiger partial charge in [0.05, 0.1) is 40.5 Å². The molecule has 3 saturated heterocycles. The Labute approximate surface area is 259 Å². The lowest BCUT2D eigenvalue weighted by atomic mass is 9.94. The highest BCUT2D eigenvalue weighted by molar-refractivity contribution is 6.33. The van der Waals surface area contributed by atoms with Crippen LogP contribution in [0.4, 0.5) is 23.4 Å². The van der Waals surface area contributed by atoms with Gasteiger partial charge in [0.15, 0.2) is 5.82 Å². The highest BCUT2D eigenvalue weighted by Crippen LogP contribution is 2.48. The first kappa shape index (κ1) is 28.7. The molecule has 15 heteroatoms. The van der Waals surface area contributed by atoms with Crippen molar-refractivity contribution in [1.82, 2.24) is 30.0 Å². The number of ether oxygens (including phenoxy) is 3. The van der Waals surface area contributed by atoms with Gasteiger partial charge >= 0.3 is 12.2 Å². The summed E-state index contributed by atoms with van der Waals surface area (Å²) < 4.78 is 78.5. The molecular formula is C30H28ClF4N7O3. The van der Waals surface area contributed by atoms with Crippen molar-refractivity contribution in [2.24, 2.45) is 0 Å². The van der Waals surface area contributed by atoms with Crippen LogP contribution in [0, 0.1) is 5.82 Å². The molecule has 45 heavy (non-hydrogen) atoms. The van der Waals surface area contributed by atoms with Crippen molar-refractivity contribution < 1.29 is 31.8 Å². The van der Waals surface area contributed by atoms with E-state index in [0.717, 1.165) is 44.0 Å². The third-order valence-corrected chi connectivity index (χ3v) is 9.56. The number of H-pyrrole nitrogens is 1. The van der Waals surface area contributed by atoms with Crippen molar-refractivity contribution in [2.45, 2.75) is 43.4 Å². The standard InChI is InChI=1S/C30H28ClF4N7O3/c1-15-9-29(4-2-5-41(29)11-15)14-45-28-38-25-21-26(39-28)42-6-3-7-43-12-16(42)13-44-27(21)37-24(23(25)32)20-17-10-36-40-19(17)8-18(31)22(20)30(33,34)35/h8,10,16H,1-7,9,11-14H2,(H,36,40)/t16-,29-/m0/s1. The number of halogens is 5. The molecule has 4 aliphatic rings. The van der Waals surface area contributed by atoms with E-state index in [9.17, 15) is 13.2 Å². The minimum atomic E-state index is -4.94. The maximum atomic E-state index is 16.9. The van der Waals surface area contributed by atoms with Crippen LogP contribution in [0.1, 0.15) is 31.2 Å². The molecule has 8 rings (SSSR count). The van der Waals surface area contributed by atoms with E-state index in [-0.39, 0.29) is 58.5 Å². The first-order valence-electron chi connectivity index (χ1n) is 14.8. The van der Waals surface area contributed by atoms with Gasteiger partial charge in [0, 0.05) is 30.6 Å². The average Bonchev–Trinajstić information content (AvgIpc) is 3.60. The van der Waals surface area contributed by atoms with Crippen molar-refractivity contribution in [3.05, 3.63) is 40.8 Å². The van der Waals surface area contributed by atoms with Gasteiger partial charge < -0.3 is 19.1 Å². The van der Waals surface area contributed by atoms with Crippen LogP contribution >= 0.6 is 11.6 Å². The first-order chi connectivity index (χ1) is 21.6. The van der Waals surface area contributed by atoms with E-state index >= 15 is 4.39 Å². The SMILES string of the molecule is C=C1CN2CCC[C@@]2(COc2nc3c4c(nc(-c5c(C(F)(F)F)c(Cl)cc6[nH]ncc56)c(F)c4n2)OC[C@@H]2COCCCN32)C1. The lowest BCUT2D eigenvalue weighted by Gasteiger charge is -2.31. The Balaban J connectivity index is 1.34. The number of aromatic nitrogens is 5. The highest BCUT2D eigenvalue weighted by Gasteiger charge is 2.47. The van der Waals surface area contributed by atoms with Gasteiger partial charge in [-0.05, 0) is 38.3 Å². The second kappa shape index (κ2) is 10.4. The Morgan fingerprint density at radius 1 is 1.18 bits per heavy atom. The van der Waals surface area contributed by atoms with Gasteiger partial charge in [-0.25, -0.2) is 9.37 Å². The Morgan fingerprint density at radius 2 is 2.04 bits per heavy atom. The van der Waals surface area contributed by atoms with Gasteiger partial charge in [-0.2, -0.15) is 28.2 Å². The van der Waals surface area contributed by atoms with Gasteiger partial charge in [-0.15, -0.1) is 0 Å². The molecule has 4 aliphatic heterocycles. The number of hydrogen-bond acceptors (Lipinski definition) is 9. The minimum Gasteiger partial charge on any atom is -0.475 e. The predicted molar refractivity (Wildman–Crippen MR) is 157 cm³/mol. The zero-order valence-corrected chi connectivity index (χ0v) is 24.8. The Hall–Kier alpha value is -3.75. The van der Waals surface area contributed by atoms with E-state index in [2.05, 4.69) is 31.6 Å². The van der Waals surface area contributed by atoms with Crippen LogP contribution in [0.3, 0.4) is 0 Å². The van der Waals surface area contributed by atoms with Gasteiger partial charge in [0.25, 0.3) is 0 Å². The van der Waals surface area contributed by atoms with E-state index in [0.29, 0.717) is 32.0 Å². The smallest absolute Gasteiger partial charge is 0.418 e. The molecule has 0 amide bonds. The first-order valence-corrected chi connectivity index (χ1v) is 15.2. The van der Waals surface area contributed by atoms with Gasteiger partial charge in [-0.3, -0.25) is 10.00 Å². The van der Waals surface area contributed by atoms with Crippen LogP contribution in [-0.4, -0.2) is 87.7 Å². The maximum absolute atomic E-state index is 16.9. The molecule has 1 N–H and O–H groups in total. The molecule has 0 unspecified atom stereocenters. The van der Waals surface area contributed by atoms with Gasteiger partial charge in [-0.1, -0.05) is 23.8 Å².